The van der Waals surface area contributed by atoms with E-state index in [0.717, 1.165) is 103 Å². The fourth-order valence-corrected chi connectivity index (χ4v) is 9.85. The minimum absolute atomic E-state index is 0.0927. The second-order valence-corrected chi connectivity index (χ2v) is 23.1. The Labute approximate surface area is 502 Å². The summed E-state index contributed by atoms with van der Waals surface area (Å²) < 4.78 is 16.9. The summed E-state index contributed by atoms with van der Waals surface area (Å²) in [7, 11) is 0. The molecule has 0 aromatic heterocycles. The predicted molar refractivity (Wildman–Crippen MR) is 353 cm³/mol. The largest absolute Gasteiger partial charge is 0.462 e. The number of carbonyl (C=O) groups excluding carboxylic acids is 3. The lowest BCUT2D eigenvalue weighted by Crippen LogP contribution is -2.30. The van der Waals surface area contributed by atoms with Crippen LogP contribution in [0.1, 0.15) is 342 Å². The van der Waals surface area contributed by atoms with Crippen LogP contribution in [0.15, 0.2) is 97.2 Å². The number of ether oxygens (including phenoxy) is 3. The molecule has 0 saturated carbocycles. The van der Waals surface area contributed by atoms with Crippen LogP contribution in [0.25, 0.3) is 0 Å². The van der Waals surface area contributed by atoms with Crippen molar-refractivity contribution in [2.45, 2.75) is 348 Å². The Kier molecular flexibility index (Phi) is 65.7. The highest BCUT2D eigenvalue weighted by Gasteiger charge is 2.19. The van der Waals surface area contributed by atoms with Crippen molar-refractivity contribution in [3.63, 3.8) is 0 Å². The van der Waals surface area contributed by atoms with Crippen molar-refractivity contribution in [1.82, 2.24) is 0 Å². The monoisotopic (exact) mass is 1130 g/mol. The van der Waals surface area contributed by atoms with Crippen molar-refractivity contribution in [1.29, 1.82) is 0 Å². The highest BCUT2D eigenvalue weighted by molar-refractivity contribution is 5.71. The zero-order valence-electron chi connectivity index (χ0n) is 53.5. The first-order valence-corrected chi connectivity index (χ1v) is 34.7. The summed E-state index contributed by atoms with van der Waals surface area (Å²) in [5.74, 6) is -0.930. The van der Waals surface area contributed by atoms with Gasteiger partial charge in [-0.25, -0.2) is 0 Å². The zero-order chi connectivity index (χ0) is 58.5. The highest BCUT2D eigenvalue weighted by Crippen LogP contribution is 2.17. The number of esters is 3. The normalized spacial score (nSPS) is 12.7. The van der Waals surface area contributed by atoms with Crippen molar-refractivity contribution in [2.24, 2.45) is 0 Å². The quantitative estimate of drug-likeness (QED) is 0.0261. The molecule has 0 saturated heterocycles. The van der Waals surface area contributed by atoms with Crippen molar-refractivity contribution in [2.75, 3.05) is 13.2 Å². The molecule has 0 fully saturated rings. The van der Waals surface area contributed by atoms with Crippen LogP contribution in [0, 0.1) is 0 Å². The molecule has 0 amide bonds. The van der Waals surface area contributed by atoms with Crippen LogP contribution in [0.3, 0.4) is 0 Å². The molecule has 466 valence electrons. The van der Waals surface area contributed by atoms with Gasteiger partial charge in [0, 0.05) is 19.3 Å². The molecule has 81 heavy (non-hydrogen) atoms. The van der Waals surface area contributed by atoms with E-state index in [1.807, 2.05) is 0 Å². The lowest BCUT2D eigenvalue weighted by molar-refractivity contribution is -0.167. The van der Waals surface area contributed by atoms with Crippen molar-refractivity contribution in [3.05, 3.63) is 97.2 Å². The maximum Gasteiger partial charge on any atom is 0.306 e. The molecule has 0 rings (SSSR count). The van der Waals surface area contributed by atoms with Gasteiger partial charge in [0.1, 0.15) is 13.2 Å². The van der Waals surface area contributed by atoms with Crippen LogP contribution in [0.4, 0.5) is 0 Å². The summed E-state index contributed by atoms with van der Waals surface area (Å²) >= 11 is 0. The molecule has 0 aliphatic carbocycles. The Morgan fingerprint density at radius 1 is 0.259 bits per heavy atom. The molecule has 0 bridgehead atoms. The molecule has 0 aromatic carbocycles. The molecule has 0 spiro atoms. The fraction of sp³-hybridized carbons (Fsp3) is 0.747. The minimum Gasteiger partial charge on any atom is -0.462 e. The Morgan fingerprint density at radius 3 is 0.790 bits per heavy atom. The lowest BCUT2D eigenvalue weighted by Gasteiger charge is -2.18. The SMILES string of the molecule is CC/C=C\C/C=C\C/C=C\C/C=C\CCCCC(=O)OCC(COC(=O)CCCCCCCCCCCCCCC/C=C\CCCCCCCCCC)OC(=O)CCCCCCCCCC/C=C\C/C=C\C/C=C\CCCCCCC. The number of hydrogen-bond acceptors (Lipinski definition) is 6. The topological polar surface area (TPSA) is 78.9 Å². The van der Waals surface area contributed by atoms with E-state index in [2.05, 4.69) is 118 Å². The van der Waals surface area contributed by atoms with Gasteiger partial charge in [-0.2, -0.15) is 0 Å². The van der Waals surface area contributed by atoms with E-state index in [0.29, 0.717) is 19.3 Å². The summed E-state index contributed by atoms with van der Waals surface area (Å²) in [6.45, 7) is 6.51. The molecular weight excluding hydrogens is 997 g/mol. The Hall–Kier alpha value is -3.67. The third-order valence-corrected chi connectivity index (χ3v) is 15.0. The van der Waals surface area contributed by atoms with Crippen molar-refractivity contribution in [3.8, 4) is 0 Å². The van der Waals surface area contributed by atoms with E-state index >= 15 is 0 Å². The van der Waals surface area contributed by atoms with Gasteiger partial charge in [0.25, 0.3) is 0 Å². The van der Waals surface area contributed by atoms with Gasteiger partial charge in [0.15, 0.2) is 6.10 Å². The molecule has 6 nitrogen and oxygen atoms in total. The van der Waals surface area contributed by atoms with Gasteiger partial charge >= 0.3 is 17.9 Å². The van der Waals surface area contributed by atoms with Crippen LogP contribution < -0.4 is 0 Å². The van der Waals surface area contributed by atoms with Gasteiger partial charge in [-0.3, -0.25) is 14.4 Å². The van der Waals surface area contributed by atoms with Crippen LogP contribution in [0.5, 0.6) is 0 Å². The Morgan fingerprint density at radius 2 is 0.481 bits per heavy atom. The second kappa shape index (κ2) is 68.8. The average Bonchev–Trinajstić information content (AvgIpc) is 3.47. The standard InChI is InChI=1S/C75H130O6/c1-4-7-10-13-16-19-22-25-28-30-32-34-36-37-39-40-42-44-47-50-53-56-59-62-65-68-74(77)80-71-72(70-79-73(76)67-64-61-58-55-52-49-46-27-24-21-18-15-12-9-6-3)81-75(78)69-66-63-60-57-54-51-48-45-43-41-38-35-33-31-29-26-23-20-17-14-11-8-5-2/h9,12,18,21,23,26-27,30-33,38,41,46,52,55,72H,4-8,10-11,13-17,19-20,22,24-25,28-29,34-37,39-40,42-45,47-51,53-54,56-71H2,1-3H3/b12-9-,21-18-,26-23-,32-30-,33-31-,41-38-,46-27-,55-52-. The van der Waals surface area contributed by atoms with Crippen LogP contribution in [-0.2, 0) is 28.6 Å². The fourth-order valence-electron chi connectivity index (χ4n) is 9.85. The molecule has 0 aliphatic heterocycles. The summed E-state index contributed by atoms with van der Waals surface area (Å²) in [6.07, 6.45) is 92.9. The van der Waals surface area contributed by atoms with Crippen molar-refractivity contribution < 1.29 is 28.6 Å². The predicted octanol–water partition coefficient (Wildman–Crippen LogP) is 24.0. The molecule has 1 unspecified atom stereocenters. The molecule has 1 atom stereocenters. The summed E-state index contributed by atoms with van der Waals surface area (Å²) in [5, 5.41) is 0. The molecule has 6 heteroatoms. The summed E-state index contributed by atoms with van der Waals surface area (Å²) in [5.41, 5.74) is 0. The molecule has 0 radical (unpaired) electrons. The van der Waals surface area contributed by atoms with E-state index in [4.69, 9.17) is 14.2 Å². The number of allylic oxidation sites excluding steroid dienone is 16. The van der Waals surface area contributed by atoms with Crippen LogP contribution in [-0.4, -0.2) is 37.2 Å². The first-order valence-electron chi connectivity index (χ1n) is 34.7. The minimum atomic E-state index is -0.801. The van der Waals surface area contributed by atoms with Gasteiger partial charge in [-0.15, -0.1) is 0 Å². The average molecular weight is 1130 g/mol. The Bertz CT molecular complexity index is 1580. The van der Waals surface area contributed by atoms with Crippen LogP contribution in [0.2, 0.25) is 0 Å². The third-order valence-electron chi connectivity index (χ3n) is 15.0. The van der Waals surface area contributed by atoms with Gasteiger partial charge < -0.3 is 14.2 Å². The molecule has 0 aliphatic rings. The van der Waals surface area contributed by atoms with Crippen LogP contribution >= 0.6 is 0 Å². The number of rotatable bonds is 63. The Balaban J connectivity index is 4.36. The lowest BCUT2D eigenvalue weighted by atomic mass is 10.0. The van der Waals surface area contributed by atoms with Gasteiger partial charge in [0.2, 0.25) is 0 Å². The van der Waals surface area contributed by atoms with E-state index < -0.39 is 6.10 Å². The molecular formula is C75H130O6. The molecule has 0 aromatic rings. The van der Waals surface area contributed by atoms with Gasteiger partial charge in [-0.1, -0.05) is 298 Å². The number of unbranched alkanes of at least 4 members (excludes halogenated alkanes) is 36. The smallest absolute Gasteiger partial charge is 0.306 e. The van der Waals surface area contributed by atoms with Gasteiger partial charge in [-0.05, 0) is 122 Å². The summed E-state index contributed by atoms with van der Waals surface area (Å²) in [4.78, 5) is 38.4. The first kappa shape index (κ1) is 77.3. The van der Waals surface area contributed by atoms with E-state index in [1.54, 1.807) is 0 Å². The van der Waals surface area contributed by atoms with Gasteiger partial charge in [0.05, 0.1) is 0 Å². The number of hydrogen-bond donors (Lipinski definition) is 0. The first-order chi connectivity index (χ1) is 40.0. The molecule has 0 heterocycles. The molecule has 0 N–H and O–H groups in total. The zero-order valence-corrected chi connectivity index (χ0v) is 53.5. The maximum atomic E-state index is 12.9. The van der Waals surface area contributed by atoms with E-state index in [1.165, 1.54) is 199 Å². The highest BCUT2D eigenvalue weighted by atomic mass is 16.6. The second-order valence-electron chi connectivity index (χ2n) is 23.1. The van der Waals surface area contributed by atoms with E-state index in [9.17, 15) is 14.4 Å². The number of carbonyl (C=O) groups is 3. The summed E-state index contributed by atoms with van der Waals surface area (Å²) in [6, 6.07) is 0. The third kappa shape index (κ3) is 67.0. The van der Waals surface area contributed by atoms with Crippen molar-refractivity contribution >= 4 is 17.9 Å². The van der Waals surface area contributed by atoms with E-state index in [-0.39, 0.29) is 31.1 Å². The maximum absolute atomic E-state index is 12.9.